The zero-order chi connectivity index (χ0) is 23.5. The van der Waals surface area contributed by atoms with Crippen molar-refractivity contribution in [1.82, 2.24) is 0 Å². The van der Waals surface area contributed by atoms with Crippen molar-refractivity contribution in [1.29, 1.82) is 0 Å². The predicted octanol–water partition coefficient (Wildman–Crippen LogP) is 9.57. The molecule has 3 heteroatoms. The number of rotatable bonds is 12. The highest BCUT2D eigenvalue weighted by Gasteiger charge is 2.40. The van der Waals surface area contributed by atoms with Gasteiger partial charge in [0.1, 0.15) is 5.75 Å². The number of esters is 1. The molecule has 2 aromatic rings. The van der Waals surface area contributed by atoms with Crippen molar-refractivity contribution >= 4 is 17.6 Å². The van der Waals surface area contributed by atoms with E-state index < -0.39 is 0 Å². The summed E-state index contributed by atoms with van der Waals surface area (Å²) in [6.45, 7) is 4.43. The van der Waals surface area contributed by atoms with E-state index in [0.29, 0.717) is 10.8 Å². The van der Waals surface area contributed by atoms with Gasteiger partial charge in [-0.2, -0.15) is 0 Å². The average molecular weight is 469 g/mol. The van der Waals surface area contributed by atoms with E-state index in [4.69, 9.17) is 16.3 Å². The fourth-order valence-corrected chi connectivity index (χ4v) is 5.29. The molecule has 0 atom stereocenters. The first-order chi connectivity index (χ1) is 16.1. The molecule has 1 aliphatic carbocycles. The second-order valence-corrected chi connectivity index (χ2v) is 10.2. The van der Waals surface area contributed by atoms with Crippen LogP contribution in [0.15, 0.2) is 42.5 Å². The SMILES string of the molecule is CCCCCCCc1ccc(-c2ccc(OC(=O)C3(CCCC)CCCCC3)c(Cl)c2)cc1. The lowest BCUT2D eigenvalue weighted by Crippen LogP contribution is -2.37. The van der Waals surface area contributed by atoms with Gasteiger partial charge in [0, 0.05) is 0 Å². The van der Waals surface area contributed by atoms with Crippen LogP contribution in [0.3, 0.4) is 0 Å². The molecule has 0 heterocycles. The van der Waals surface area contributed by atoms with E-state index in [-0.39, 0.29) is 11.4 Å². The second-order valence-electron chi connectivity index (χ2n) is 9.84. The molecule has 33 heavy (non-hydrogen) atoms. The Balaban J connectivity index is 1.62. The number of hydrogen-bond donors (Lipinski definition) is 0. The largest absolute Gasteiger partial charge is 0.425 e. The fourth-order valence-electron chi connectivity index (χ4n) is 5.07. The van der Waals surface area contributed by atoms with Crippen LogP contribution in [0.4, 0.5) is 0 Å². The minimum Gasteiger partial charge on any atom is -0.425 e. The van der Waals surface area contributed by atoms with Crippen molar-refractivity contribution in [3.8, 4) is 16.9 Å². The lowest BCUT2D eigenvalue weighted by Gasteiger charge is -2.35. The summed E-state index contributed by atoms with van der Waals surface area (Å²) in [6, 6.07) is 14.6. The zero-order valence-electron chi connectivity index (χ0n) is 20.6. The molecular formula is C30H41ClO2. The summed E-state index contributed by atoms with van der Waals surface area (Å²) in [6.07, 6.45) is 16.1. The van der Waals surface area contributed by atoms with Gasteiger partial charge < -0.3 is 4.74 Å². The first-order valence-corrected chi connectivity index (χ1v) is 13.6. The first-order valence-electron chi connectivity index (χ1n) is 13.2. The molecule has 2 aromatic carbocycles. The van der Waals surface area contributed by atoms with Crippen LogP contribution in [0.2, 0.25) is 5.02 Å². The number of unbranched alkanes of at least 4 members (excludes halogenated alkanes) is 5. The third-order valence-electron chi connectivity index (χ3n) is 7.24. The maximum absolute atomic E-state index is 13.2. The first kappa shape index (κ1) is 25.8. The Morgan fingerprint density at radius 2 is 1.52 bits per heavy atom. The molecule has 0 spiro atoms. The zero-order valence-corrected chi connectivity index (χ0v) is 21.4. The molecule has 0 N–H and O–H groups in total. The highest BCUT2D eigenvalue weighted by Crippen LogP contribution is 2.42. The molecule has 3 rings (SSSR count). The molecule has 0 radical (unpaired) electrons. The molecule has 0 saturated heterocycles. The van der Waals surface area contributed by atoms with Gasteiger partial charge in [0.05, 0.1) is 10.4 Å². The van der Waals surface area contributed by atoms with E-state index in [9.17, 15) is 4.79 Å². The average Bonchev–Trinajstić information content (AvgIpc) is 2.85. The number of hydrogen-bond acceptors (Lipinski definition) is 2. The van der Waals surface area contributed by atoms with Crippen molar-refractivity contribution in [3.05, 3.63) is 53.1 Å². The smallest absolute Gasteiger partial charge is 0.317 e. The lowest BCUT2D eigenvalue weighted by molar-refractivity contribution is -0.148. The molecule has 0 amide bonds. The third kappa shape index (κ3) is 7.34. The third-order valence-corrected chi connectivity index (χ3v) is 7.54. The molecule has 1 saturated carbocycles. The normalized spacial score (nSPS) is 15.4. The predicted molar refractivity (Wildman–Crippen MR) is 140 cm³/mol. The highest BCUT2D eigenvalue weighted by atomic mass is 35.5. The Morgan fingerprint density at radius 3 is 2.18 bits per heavy atom. The van der Waals surface area contributed by atoms with Gasteiger partial charge in [-0.25, -0.2) is 0 Å². The Bertz CT molecular complexity index is 865. The number of carbonyl (C=O) groups excluding carboxylic acids is 1. The molecule has 0 bridgehead atoms. The van der Waals surface area contributed by atoms with Gasteiger partial charge in [-0.3, -0.25) is 4.79 Å². The van der Waals surface area contributed by atoms with E-state index >= 15 is 0 Å². The van der Waals surface area contributed by atoms with Crippen LogP contribution >= 0.6 is 11.6 Å². The topological polar surface area (TPSA) is 26.3 Å². The van der Waals surface area contributed by atoms with Crippen LogP contribution in [0.1, 0.15) is 103 Å². The monoisotopic (exact) mass is 468 g/mol. The number of halogens is 1. The Kier molecular flexibility index (Phi) is 10.3. The summed E-state index contributed by atoms with van der Waals surface area (Å²) in [7, 11) is 0. The van der Waals surface area contributed by atoms with Crippen molar-refractivity contribution in [2.75, 3.05) is 0 Å². The van der Waals surface area contributed by atoms with E-state index in [1.165, 1.54) is 44.1 Å². The van der Waals surface area contributed by atoms with Gasteiger partial charge in [0.15, 0.2) is 0 Å². The molecular weight excluding hydrogens is 428 g/mol. The second kappa shape index (κ2) is 13.2. The maximum atomic E-state index is 13.2. The standard InChI is InChI=1S/C30H41ClO2/c1-3-5-7-8-10-13-24-14-16-25(17-15-24)26-18-19-28(27(31)23-26)33-29(32)30(20-6-4-2)21-11-9-12-22-30/h14-19,23H,3-13,20-22H2,1-2H3. The molecule has 180 valence electrons. The number of ether oxygens (including phenoxy) is 1. The van der Waals surface area contributed by atoms with Gasteiger partial charge in [-0.15, -0.1) is 0 Å². The molecule has 1 aliphatic rings. The number of carbonyl (C=O) groups is 1. The summed E-state index contributed by atoms with van der Waals surface area (Å²) >= 11 is 6.58. The van der Waals surface area contributed by atoms with Crippen LogP contribution in [0, 0.1) is 5.41 Å². The van der Waals surface area contributed by atoms with Gasteiger partial charge in [0.25, 0.3) is 0 Å². The van der Waals surface area contributed by atoms with Gasteiger partial charge in [-0.05, 0) is 60.9 Å². The van der Waals surface area contributed by atoms with Gasteiger partial charge >= 0.3 is 5.97 Å². The summed E-state index contributed by atoms with van der Waals surface area (Å²) in [4.78, 5) is 13.2. The summed E-state index contributed by atoms with van der Waals surface area (Å²) in [5.74, 6) is 0.393. The lowest BCUT2D eigenvalue weighted by atomic mass is 9.71. The van der Waals surface area contributed by atoms with Crippen LogP contribution in [-0.2, 0) is 11.2 Å². The fraction of sp³-hybridized carbons (Fsp3) is 0.567. The molecule has 0 aliphatic heterocycles. The van der Waals surface area contributed by atoms with E-state index in [1.807, 2.05) is 18.2 Å². The molecule has 1 fully saturated rings. The summed E-state index contributed by atoms with van der Waals surface area (Å²) in [5, 5.41) is 0.502. The van der Waals surface area contributed by atoms with Crippen molar-refractivity contribution in [3.63, 3.8) is 0 Å². The Morgan fingerprint density at radius 1 is 0.848 bits per heavy atom. The Hall–Kier alpha value is -1.80. The van der Waals surface area contributed by atoms with E-state index in [2.05, 4.69) is 38.1 Å². The van der Waals surface area contributed by atoms with Gasteiger partial charge in [0.2, 0.25) is 0 Å². The van der Waals surface area contributed by atoms with Crippen LogP contribution in [-0.4, -0.2) is 5.97 Å². The van der Waals surface area contributed by atoms with E-state index in [1.54, 1.807) is 0 Å². The molecule has 0 unspecified atom stereocenters. The quantitative estimate of drug-likeness (QED) is 0.176. The maximum Gasteiger partial charge on any atom is 0.317 e. The van der Waals surface area contributed by atoms with Crippen molar-refractivity contribution in [2.45, 2.75) is 104 Å². The Labute approximate surface area is 206 Å². The van der Waals surface area contributed by atoms with Crippen LogP contribution in [0.25, 0.3) is 11.1 Å². The number of aryl methyl sites for hydroxylation is 1. The molecule has 2 nitrogen and oxygen atoms in total. The highest BCUT2D eigenvalue weighted by molar-refractivity contribution is 6.32. The minimum absolute atomic E-state index is 0.0893. The summed E-state index contributed by atoms with van der Waals surface area (Å²) < 4.78 is 5.90. The van der Waals surface area contributed by atoms with Crippen LogP contribution < -0.4 is 4.74 Å². The van der Waals surface area contributed by atoms with Crippen LogP contribution in [0.5, 0.6) is 5.75 Å². The molecule has 0 aromatic heterocycles. The number of benzene rings is 2. The van der Waals surface area contributed by atoms with Crippen molar-refractivity contribution in [2.24, 2.45) is 5.41 Å². The summed E-state index contributed by atoms with van der Waals surface area (Å²) in [5.41, 5.74) is 3.24. The van der Waals surface area contributed by atoms with Crippen molar-refractivity contribution < 1.29 is 9.53 Å². The minimum atomic E-state index is -0.331. The van der Waals surface area contributed by atoms with E-state index in [0.717, 1.165) is 62.5 Å². The van der Waals surface area contributed by atoms with Gasteiger partial charge in [-0.1, -0.05) is 114 Å².